The second-order valence-electron chi connectivity index (χ2n) is 3.00. The summed E-state index contributed by atoms with van der Waals surface area (Å²) in [7, 11) is 0. The lowest BCUT2D eigenvalue weighted by molar-refractivity contribution is -0.0692. The molecule has 13 heavy (non-hydrogen) atoms. The fourth-order valence-electron chi connectivity index (χ4n) is 1.03. The minimum Gasteiger partial charge on any atom is -0.396 e. The summed E-state index contributed by atoms with van der Waals surface area (Å²) in [5.74, 6) is 0. The van der Waals surface area contributed by atoms with E-state index in [0.29, 0.717) is 6.42 Å². The lowest BCUT2D eigenvalue weighted by Crippen LogP contribution is -2.37. The third-order valence-corrected chi connectivity index (χ3v) is 1.87. The molecule has 0 aromatic carbocycles. The van der Waals surface area contributed by atoms with E-state index in [2.05, 4.69) is 0 Å². The number of aliphatic hydroxyl groups is 5. The third-order valence-electron chi connectivity index (χ3n) is 1.87. The topological polar surface area (TPSA) is 101 Å². The molecule has 5 N–H and O–H groups in total. The van der Waals surface area contributed by atoms with Crippen LogP contribution in [0.2, 0.25) is 0 Å². The number of aliphatic hydroxyl groups excluding tert-OH is 5. The Bertz CT molecular complexity index is 119. The fourth-order valence-corrected chi connectivity index (χ4v) is 1.03. The highest BCUT2D eigenvalue weighted by molar-refractivity contribution is 4.74. The monoisotopic (exact) mass is 194 g/mol. The van der Waals surface area contributed by atoms with Crippen LogP contribution in [-0.2, 0) is 0 Å². The van der Waals surface area contributed by atoms with Gasteiger partial charge in [0, 0.05) is 13.2 Å². The predicted molar refractivity (Wildman–Crippen MR) is 46.0 cm³/mol. The zero-order valence-electron chi connectivity index (χ0n) is 7.50. The van der Waals surface area contributed by atoms with Crippen LogP contribution >= 0.6 is 0 Å². The molecule has 0 heterocycles. The molecule has 3 atom stereocenters. The first-order valence-corrected chi connectivity index (χ1v) is 4.39. The maximum atomic E-state index is 9.25. The molecular formula is C8H18O5. The Morgan fingerprint density at radius 2 is 1.31 bits per heavy atom. The Morgan fingerprint density at radius 1 is 0.769 bits per heavy atom. The van der Waals surface area contributed by atoms with Crippen molar-refractivity contribution >= 4 is 0 Å². The Kier molecular flexibility index (Phi) is 7.12. The molecule has 5 heteroatoms. The molecule has 0 rings (SSSR count). The Labute approximate surface area is 77.3 Å². The molecule has 80 valence electrons. The van der Waals surface area contributed by atoms with Crippen molar-refractivity contribution in [2.45, 2.75) is 37.6 Å². The van der Waals surface area contributed by atoms with Crippen LogP contribution in [0.25, 0.3) is 0 Å². The molecule has 0 spiro atoms. The van der Waals surface area contributed by atoms with Gasteiger partial charge in [-0.1, -0.05) is 0 Å². The number of rotatable bonds is 7. The summed E-state index contributed by atoms with van der Waals surface area (Å²) in [6, 6.07) is 0. The van der Waals surface area contributed by atoms with E-state index in [0.717, 1.165) is 0 Å². The van der Waals surface area contributed by atoms with Crippen LogP contribution in [0.4, 0.5) is 0 Å². The van der Waals surface area contributed by atoms with Gasteiger partial charge in [0.15, 0.2) is 0 Å². The summed E-state index contributed by atoms with van der Waals surface area (Å²) >= 11 is 0. The fraction of sp³-hybridized carbons (Fsp3) is 1.00. The normalized spacial score (nSPS) is 18.2. The smallest absolute Gasteiger partial charge is 0.106 e. The first-order chi connectivity index (χ1) is 6.13. The van der Waals surface area contributed by atoms with Crippen molar-refractivity contribution in [2.24, 2.45) is 0 Å². The summed E-state index contributed by atoms with van der Waals surface area (Å²) in [5, 5.41) is 44.5. The lowest BCUT2D eigenvalue weighted by Gasteiger charge is -2.21. The maximum Gasteiger partial charge on any atom is 0.106 e. The minimum atomic E-state index is -1.25. The Hall–Kier alpha value is -0.200. The van der Waals surface area contributed by atoms with Crippen LogP contribution in [-0.4, -0.2) is 57.1 Å². The molecule has 0 saturated carbocycles. The number of hydrogen-bond donors (Lipinski definition) is 5. The molecule has 0 bridgehead atoms. The van der Waals surface area contributed by atoms with E-state index in [1.807, 2.05) is 0 Å². The third kappa shape index (κ3) is 5.17. The summed E-state index contributed by atoms with van der Waals surface area (Å²) in [6.45, 7) is -0.287. The van der Waals surface area contributed by atoms with Gasteiger partial charge < -0.3 is 25.5 Å². The van der Waals surface area contributed by atoms with Crippen molar-refractivity contribution in [3.05, 3.63) is 0 Å². The largest absolute Gasteiger partial charge is 0.396 e. The highest BCUT2D eigenvalue weighted by atomic mass is 16.4. The van der Waals surface area contributed by atoms with E-state index in [4.69, 9.17) is 15.3 Å². The van der Waals surface area contributed by atoms with Gasteiger partial charge in [-0.3, -0.25) is 0 Å². The Morgan fingerprint density at radius 3 is 1.77 bits per heavy atom. The Balaban J connectivity index is 3.71. The van der Waals surface area contributed by atoms with Gasteiger partial charge in [-0.25, -0.2) is 0 Å². The molecule has 0 aromatic rings. The zero-order valence-corrected chi connectivity index (χ0v) is 7.50. The summed E-state index contributed by atoms with van der Waals surface area (Å²) in [6.07, 6.45) is -2.76. The highest BCUT2D eigenvalue weighted by Crippen LogP contribution is 2.08. The maximum absolute atomic E-state index is 9.25. The number of hydrogen-bond acceptors (Lipinski definition) is 5. The average Bonchev–Trinajstić information content (AvgIpc) is 2.13. The van der Waals surface area contributed by atoms with Gasteiger partial charge in [-0.15, -0.1) is 0 Å². The standard InChI is InChI=1S/C8H18O5/c9-4-1-2-6(11)8(13)7(12)3-5-10/h6-13H,1-5H2. The van der Waals surface area contributed by atoms with Crippen LogP contribution in [0.1, 0.15) is 19.3 Å². The van der Waals surface area contributed by atoms with Crippen molar-refractivity contribution in [1.29, 1.82) is 0 Å². The molecule has 0 fully saturated rings. The van der Waals surface area contributed by atoms with Gasteiger partial charge >= 0.3 is 0 Å². The van der Waals surface area contributed by atoms with Crippen molar-refractivity contribution in [3.8, 4) is 0 Å². The van der Waals surface area contributed by atoms with Gasteiger partial charge in [0.25, 0.3) is 0 Å². The average molecular weight is 194 g/mol. The van der Waals surface area contributed by atoms with E-state index < -0.39 is 18.3 Å². The van der Waals surface area contributed by atoms with E-state index in [1.165, 1.54) is 0 Å². The van der Waals surface area contributed by atoms with Crippen LogP contribution in [0.15, 0.2) is 0 Å². The first kappa shape index (κ1) is 12.8. The van der Waals surface area contributed by atoms with Gasteiger partial charge in [0.1, 0.15) is 6.10 Å². The van der Waals surface area contributed by atoms with Gasteiger partial charge in [0.05, 0.1) is 12.2 Å². The predicted octanol–water partition coefficient (Wildman–Crippen LogP) is -1.78. The van der Waals surface area contributed by atoms with Gasteiger partial charge in [-0.2, -0.15) is 0 Å². The summed E-state index contributed by atoms with van der Waals surface area (Å²) in [5.41, 5.74) is 0. The molecule has 5 nitrogen and oxygen atoms in total. The molecule has 0 aliphatic heterocycles. The van der Waals surface area contributed by atoms with E-state index >= 15 is 0 Å². The van der Waals surface area contributed by atoms with E-state index in [1.54, 1.807) is 0 Å². The molecule has 0 amide bonds. The second-order valence-corrected chi connectivity index (χ2v) is 3.00. The quantitative estimate of drug-likeness (QED) is 0.330. The zero-order chi connectivity index (χ0) is 10.3. The molecule has 0 aliphatic rings. The van der Waals surface area contributed by atoms with E-state index in [9.17, 15) is 10.2 Å². The van der Waals surface area contributed by atoms with Crippen LogP contribution in [0, 0.1) is 0 Å². The molecular weight excluding hydrogens is 176 g/mol. The van der Waals surface area contributed by atoms with Crippen LogP contribution in [0.5, 0.6) is 0 Å². The summed E-state index contributed by atoms with van der Waals surface area (Å²) < 4.78 is 0. The molecule has 3 unspecified atom stereocenters. The molecule has 0 aromatic heterocycles. The summed E-state index contributed by atoms with van der Waals surface area (Å²) in [4.78, 5) is 0. The molecule has 0 aliphatic carbocycles. The van der Waals surface area contributed by atoms with Crippen LogP contribution in [0.3, 0.4) is 0 Å². The second kappa shape index (κ2) is 7.23. The van der Waals surface area contributed by atoms with Crippen molar-refractivity contribution in [3.63, 3.8) is 0 Å². The molecule has 0 radical (unpaired) electrons. The minimum absolute atomic E-state index is 0.0390. The molecule has 0 saturated heterocycles. The SMILES string of the molecule is OCCCC(O)C(O)C(O)CCO. The lowest BCUT2D eigenvalue weighted by atomic mass is 10.0. The van der Waals surface area contributed by atoms with Gasteiger partial charge in [-0.05, 0) is 19.3 Å². The van der Waals surface area contributed by atoms with Gasteiger partial charge in [0.2, 0.25) is 0 Å². The highest BCUT2D eigenvalue weighted by Gasteiger charge is 2.23. The van der Waals surface area contributed by atoms with Crippen molar-refractivity contribution in [2.75, 3.05) is 13.2 Å². The van der Waals surface area contributed by atoms with E-state index in [-0.39, 0.29) is 26.1 Å². The first-order valence-electron chi connectivity index (χ1n) is 4.39. The van der Waals surface area contributed by atoms with Crippen LogP contribution < -0.4 is 0 Å². The van der Waals surface area contributed by atoms with Crippen molar-refractivity contribution in [1.82, 2.24) is 0 Å². The van der Waals surface area contributed by atoms with Crippen molar-refractivity contribution < 1.29 is 25.5 Å².